The van der Waals surface area contributed by atoms with E-state index in [4.69, 9.17) is 27.9 Å². The maximum atomic E-state index is 6.23. The molecule has 2 unspecified atom stereocenters. The lowest BCUT2D eigenvalue weighted by molar-refractivity contribution is 0.149. The summed E-state index contributed by atoms with van der Waals surface area (Å²) < 4.78 is 5.20. The summed E-state index contributed by atoms with van der Waals surface area (Å²) in [5.41, 5.74) is 1.14. The Morgan fingerprint density at radius 1 is 1.32 bits per heavy atom. The van der Waals surface area contributed by atoms with Crippen LogP contribution in [0.5, 0.6) is 0 Å². The van der Waals surface area contributed by atoms with E-state index in [1.807, 2.05) is 12.1 Å². The number of hydrogen-bond acceptors (Lipinski definition) is 2. The van der Waals surface area contributed by atoms with Crippen LogP contribution in [-0.2, 0) is 11.2 Å². The number of nitrogens with one attached hydrogen (secondary N) is 1. The standard InChI is InChI=1S/C15H23Cl2NO/c1-4-18-14(7-11(2)10-19-3)8-12-5-6-13(16)9-15(12)17/h5-6,9,11,14,18H,4,7-8,10H2,1-3H3. The van der Waals surface area contributed by atoms with Gasteiger partial charge in [-0.15, -0.1) is 0 Å². The van der Waals surface area contributed by atoms with E-state index < -0.39 is 0 Å². The van der Waals surface area contributed by atoms with Crippen LogP contribution in [0.3, 0.4) is 0 Å². The molecule has 2 nitrogen and oxygen atoms in total. The van der Waals surface area contributed by atoms with Gasteiger partial charge in [-0.25, -0.2) is 0 Å². The Kier molecular flexibility index (Phi) is 7.77. The smallest absolute Gasteiger partial charge is 0.0488 e. The van der Waals surface area contributed by atoms with Gasteiger partial charge in [-0.05, 0) is 43.0 Å². The highest BCUT2D eigenvalue weighted by Crippen LogP contribution is 2.23. The first-order chi connectivity index (χ1) is 9.06. The highest BCUT2D eigenvalue weighted by Gasteiger charge is 2.14. The van der Waals surface area contributed by atoms with Crippen molar-refractivity contribution in [3.05, 3.63) is 33.8 Å². The van der Waals surface area contributed by atoms with E-state index in [1.54, 1.807) is 13.2 Å². The van der Waals surface area contributed by atoms with E-state index in [0.29, 0.717) is 17.0 Å². The molecule has 0 heterocycles. The van der Waals surface area contributed by atoms with E-state index in [0.717, 1.165) is 36.6 Å². The average Bonchev–Trinajstić information content (AvgIpc) is 2.33. The molecule has 0 radical (unpaired) electrons. The van der Waals surface area contributed by atoms with Crippen molar-refractivity contribution in [2.45, 2.75) is 32.7 Å². The average molecular weight is 304 g/mol. The number of hydrogen-bond donors (Lipinski definition) is 1. The monoisotopic (exact) mass is 303 g/mol. The van der Waals surface area contributed by atoms with Crippen LogP contribution < -0.4 is 5.32 Å². The lowest BCUT2D eigenvalue weighted by Gasteiger charge is -2.22. The van der Waals surface area contributed by atoms with Gasteiger partial charge in [0.05, 0.1) is 0 Å². The molecule has 0 aliphatic carbocycles. The van der Waals surface area contributed by atoms with Gasteiger partial charge in [0.1, 0.15) is 0 Å². The minimum Gasteiger partial charge on any atom is -0.384 e. The highest BCUT2D eigenvalue weighted by atomic mass is 35.5. The van der Waals surface area contributed by atoms with Crippen LogP contribution in [0.2, 0.25) is 10.0 Å². The molecule has 0 fully saturated rings. The van der Waals surface area contributed by atoms with Crippen LogP contribution in [0.25, 0.3) is 0 Å². The summed E-state index contributed by atoms with van der Waals surface area (Å²) in [5.74, 6) is 0.528. The number of methoxy groups -OCH3 is 1. The zero-order valence-corrected chi connectivity index (χ0v) is 13.4. The third kappa shape index (κ3) is 6.13. The van der Waals surface area contributed by atoms with E-state index in [2.05, 4.69) is 19.2 Å². The fraction of sp³-hybridized carbons (Fsp3) is 0.600. The van der Waals surface area contributed by atoms with E-state index >= 15 is 0 Å². The summed E-state index contributed by atoms with van der Waals surface area (Å²) in [6, 6.07) is 6.12. The molecule has 0 aliphatic heterocycles. The van der Waals surface area contributed by atoms with Gasteiger partial charge < -0.3 is 10.1 Å². The molecule has 4 heteroatoms. The van der Waals surface area contributed by atoms with Gasteiger partial charge in [0.2, 0.25) is 0 Å². The van der Waals surface area contributed by atoms with Gasteiger partial charge in [0.15, 0.2) is 0 Å². The lowest BCUT2D eigenvalue weighted by atomic mass is 9.96. The van der Waals surface area contributed by atoms with Crippen LogP contribution in [0.1, 0.15) is 25.8 Å². The topological polar surface area (TPSA) is 21.3 Å². The number of benzene rings is 1. The molecule has 0 amide bonds. The van der Waals surface area contributed by atoms with E-state index in [9.17, 15) is 0 Å². The van der Waals surface area contributed by atoms with Crippen molar-refractivity contribution in [2.24, 2.45) is 5.92 Å². The quantitative estimate of drug-likeness (QED) is 0.777. The normalized spacial score (nSPS) is 14.4. The van der Waals surface area contributed by atoms with Crippen molar-refractivity contribution in [3.8, 4) is 0 Å². The van der Waals surface area contributed by atoms with Crippen molar-refractivity contribution in [3.63, 3.8) is 0 Å². The summed E-state index contributed by atoms with van der Waals surface area (Å²) in [4.78, 5) is 0. The van der Waals surface area contributed by atoms with Crippen molar-refractivity contribution >= 4 is 23.2 Å². The van der Waals surface area contributed by atoms with Crippen LogP contribution in [-0.4, -0.2) is 26.3 Å². The first-order valence-electron chi connectivity index (χ1n) is 6.73. The molecule has 0 saturated heterocycles. The van der Waals surface area contributed by atoms with Crippen LogP contribution in [0, 0.1) is 5.92 Å². The zero-order valence-electron chi connectivity index (χ0n) is 11.9. The molecule has 108 valence electrons. The van der Waals surface area contributed by atoms with Crippen molar-refractivity contribution < 1.29 is 4.74 Å². The molecular weight excluding hydrogens is 281 g/mol. The molecule has 1 N–H and O–H groups in total. The SMILES string of the molecule is CCNC(Cc1ccc(Cl)cc1Cl)CC(C)COC. The molecule has 0 aliphatic rings. The minimum atomic E-state index is 0.411. The maximum absolute atomic E-state index is 6.23. The largest absolute Gasteiger partial charge is 0.384 e. The Labute approximate surface area is 126 Å². The summed E-state index contributed by atoms with van der Waals surface area (Å²) in [5, 5.41) is 4.94. The number of likely N-dealkylation sites (N-methyl/N-ethyl adjacent to an activating group) is 1. The lowest BCUT2D eigenvalue weighted by Crippen LogP contribution is -2.33. The first kappa shape index (κ1) is 16.8. The number of rotatable bonds is 8. The zero-order chi connectivity index (χ0) is 14.3. The van der Waals surface area contributed by atoms with Crippen LogP contribution in [0.15, 0.2) is 18.2 Å². The molecule has 0 bridgehead atoms. The Morgan fingerprint density at radius 2 is 2.05 bits per heavy atom. The van der Waals surface area contributed by atoms with Gasteiger partial charge in [-0.1, -0.05) is 43.1 Å². The van der Waals surface area contributed by atoms with Crippen molar-refractivity contribution in [1.82, 2.24) is 5.32 Å². The second-order valence-corrected chi connectivity index (χ2v) is 5.83. The minimum absolute atomic E-state index is 0.411. The molecule has 0 saturated carbocycles. The first-order valence-corrected chi connectivity index (χ1v) is 7.48. The third-order valence-corrected chi connectivity index (χ3v) is 3.70. The fourth-order valence-electron chi connectivity index (χ4n) is 2.32. The Balaban J connectivity index is 2.66. The predicted octanol–water partition coefficient (Wildman–Crippen LogP) is 4.19. The summed E-state index contributed by atoms with van der Waals surface area (Å²) in [6.45, 7) is 6.07. The Hall–Kier alpha value is -0.280. The molecular formula is C15H23Cl2NO. The summed E-state index contributed by atoms with van der Waals surface area (Å²) in [6.07, 6.45) is 1.98. The Bertz CT molecular complexity index is 384. The predicted molar refractivity (Wildman–Crippen MR) is 83.3 cm³/mol. The molecule has 0 aromatic heterocycles. The number of halogens is 2. The molecule has 1 aromatic carbocycles. The molecule has 19 heavy (non-hydrogen) atoms. The maximum Gasteiger partial charge on any atom is 0.0488 e. The molecule has 2 atom stereocenters. The van der Waals surface area contributed by atoms with Crippen LogP contribution in [0.4, 0.5) is 0 Å². The molecule has 1 rings (SSSR count). The van der Waals surface area contributed by atoms with Crippen LogP contribution >= 0.6 is 23.2 Å². The van der Waals surface area contributed by atoms with Gasteiger partial charge in [0.25, 0.3) is 0 Å². The van der Waals surface area contributed by atoms with Gasteiger partial charge in [-0.3, -0.25) is 0 Å². The highest BCUT2D eigenvalue weighted by molar-refractivity contribution is 6.35. The van der Waals surface area contributed by atoms with Gasteiger partial charge >= 0.3 is 0 Å². The second-order valence-electron chi connectivity index (χ2n) is 4.99. The third-order valence-electron chi connectivity index (χ3n) is 3.11. The number of ether oxygens (including phenoxy) is 1. The van der Waals surface area contributed by atoms with Crippen molar-refractivity contribution in [2.75, 3.05) is 20.3 Å². The van der Waals surface area contributed by atoms with E-state index in [1.165, 1.54) is 0 Å². The second kappa shape index (κ2) is 8.80. The van der Waals surface area contributed by atoms with E-state index in [-0.39, 0.29) is 0 Å². The van der Waals surface area contributed by atoms with Crippen molar-refractivity contribution in [1.29, 1.82) is 0 Å². The van der Waals surface area contributed by atoms with Gasteiger partial charge in [-0.2, -0.15) is 0 Å². The Morgan fingerprint density at radius 3 is 2.63 bits per heavy atom. The summed E-state index contributed by atoms with van der Waals surface area (Å²) >= 11 is 12.2. The molecule has 1 aromatic rings. The molecule has 0 spiro atoms. The summed E-state index contributed by atoms with van der Waals surface area (Å²) in [7, 11) is 1.74. The van der Waals surface area contributed by atoms with Gasteiger partial charge in [0, 0.05) is 29.8 Å². The fourth-order valence-corrected chi connectivity index (χ4v) is 2.80.